The second-order valence-corrected chi connectivity index (χ2v) is 10.9. The Morgan fingerprint density at radius 1 is 1.00 bits per heavy atom. The van der Waals surface area contributed by atoms with Crippen molar-refractivity contribution in [3.63, 3.8) is 0 Å². The van der Waals surface area contributed by atoms with Crippen LogP contribution in [0.2, 0.25) is 0 Å². The summed E-state index contributed by atoms with van der Waals surface area (Å²) >= 11 is 0. The first-order chi connectivity index (χ1) is 19.2. The number of ether oxygens (including phenoxy) is 3. The highest BCUT2D eigenvalue weighted by Crippen LogP contribution is 2.26. The van der Waals surface area contributed by atoms with Gasteiger partial charge in [0.15, 0.2) is 6.29 Å². The minimum Gasteiger partial charge on any atom is -0.394 e. The molecule has 2 amide bonds. The Hall–Kier alpha value is -1.71. The second kappa shape index (κ2) is 16.7. The summed E-state index contributed by atoms with van der Waals surface area (Å²) in [7, 11) is 0. The smallest absolute Gasteiger partial charge is 0.333 e. The number of hydrogen-bond acceptors (Lipinski definition) is 12. The summed E-state index contributed by atoms with van der Waals surface area (Å²) in [6.07, 6.45) is 1.04. The molecule has 7 atom stereocenters. The second-order valence-electron chi connectivity index (χ2n) is 10.9. The van der Waals surface area contributed by atoms with Crippen molar-refractivity contribution < 1.29 is 53.9 Å². The maximum absolute atomic E-state index is 12.0. The molecule has 3 rings (SSSR count). The van der Waals surface area contributed by atoms with Gasteiger partial charge in [-0.2, -0.15) is 0 Å². The molecule has 0 bridgehead atoms. The van der Waals surface area contributed by atoms with Gasteiger partial charge in [0.05, 0.1) is 31.5 Å². The van der Waals surface area contributed by atoms with Crippen molar-refractivity contribution in [2.24, 2.45) is 5.92 Å². The van der Waals surface area contributed by atoms with E-state index in [0.29, 0.717) is 24.6 Å². The van der Waals surface area contributed by atoms with E-state index < -0.39 is 54.4 Å². The zero-order valence-electron chi connectivity index (χ0n) is 23.4. The third-order valence-corrected chi connectivity index (χ3v) is 7.84. The number of aliphatic hydroxyl groups is 4. The summed E-state index contributed by atoms with van der Waals surface area (Å²) in [5.74, 6) is -2.11. The maximum atomic E-state index is 12.0. The van der Waals surface area contributed by atoms with Crippen LogP contribution in [-0.2, 0) is 33.4 Å². The fraction of sp³-hybridized carbons (Fsp3) is 0.889. The minimum absolute atomic E-state index is 0.0618. The zero-order chi connectivity index (χ0) is 29.1. The van der Waals surface area contributed by atoms with Crippen LogP contribution in [0.25, 0.3) is 0 Å². The summed E-state index contributed by atoms with van der Waals surface area (Å²) in [5, 5.41) is 40.8. The van der Waals surface area contributed by atoms with Gasteiger partial charge in [0.2, 0.25) is 0 Å². The van der Waals surface area contributed by atoms with Crippen LogP contribution in [0.3, 0.4) is 0 Å². The van der Waals surface area contributed by atoms with Crippen molar-refractivity contribution in [3.05, 3.63) is 0 Å². The largest absolute Gasteiger partial charge is 0.394 e. The van der Waals surface area contributed by atoms with Gasteiger partial charge in [0.25, 0.3) is 11.8 Å². The Morgan fingerprint density at radius 2 is 1.73 bits per heavy atom. The molecule has 0 spiro atoms. The number of amides is 2. The van der Waals surface area contributed by atoms with Crippen LogP contribution in [0.15, 0.2) is 0 Å². The predicted octanol–water partition coefficient (Wildman–Crippen LogP) is -0.132. The molecule has 13 nitrogen and oxygen atoms in total. The van der Waals surface area contributed by atoms with E-state index in [1.54, 1.807) is 6.92 Å². The highest BCUT2D eigenvalue weighted by atomic mass is 16.7. The third kappa shape index (κ3) is 9.69. The molecule has 3 heterocycles. The Morgan fingerprint density at radius 3 is 2.42 bits per heavy atom. The molecule has 230 valence electrons. The number of hydrogen-bond donors (Lipinski definition) is 4. The number of hydroxylamine groups is 2. The number of rotatable bonds is 16. The average Bonchev–Trinajstić information content (AvgIpc) is 3.25. The number of aliphatic hydroxyl groups excluding tert-OH is 4. The van der Waals surface area contributed by atoms with Crippen LogP contribution in [0, 0.1) is 5.92 Å². The minimum atomic E-state index is -1.03. The van der Waals surface area contributed by atoms with Gasteiger partial charge in [-0.15, -0.1) is 5.06 Å². The van der Waals surface area contributed by atoms with Gasteiger partial charge in [0.1, 0.15) is 12.2 Å². The van der Waals surface area contributed by atoms with Crippen molar-refractivity contribution in [2.75, 3.05) is 39.5 Å². The third-order valence-electron chi connectivity index (χ3n) is 7.84. The fourth-order valence-electron chi connectivity index (χ4n) is 5.25. The van der Waals surface area contributed by atoms with Crippen LogP contribution in [0.1, 0.15) is 71.1 Å². The van der Waals surface area contributed by atoms with E-state index in [-0.39, 0.29) is 38.6 Å². The molecule has 13 heteroatoms. The van der Waals surface area contributed by atoms with E-state index >= 15 is 0 Å². The summed E-state index contributed by atoms with van der Waals surface area (Å²) in [6.45, 7) is 4.22. The molecule has 3 fully saturated rings. The fourth-order valence-corrected chi connectivity index (χ4v) is 5.25. The molecular formula is C27H46N2O11. The summed E-state index contributed by atoms with van der Waals surface area (Å²) in [4.78, 5) is 42.3. The molecule has 3 saturated heterocycles. The van der Waals surface area contributed by atoms with Gasteiger partial charge in [-0.1, -0.05) is 13.3 Å². The molecule has 4 N–H and O–H groups in total. The summed E-state index contributed by atoms with van der Waals surface area (Å²) in [6, 6.07) is 0. The Bertz CT molecular complexity index is 797. The van der Waals surface area contributed by atoms with Crippen molar-refractivity contribution in [1.82, 2.24) is 9.96 Å². The molecule has 40 heavy (non-hydrogen) atoms. The molecular weight excluding hydrogens is 528 g/mol. The van der Waals surface area contributed by atoms with Gasteiger partial charge >= 0.3 is 5.97 Å². The van der Waals surface area contributed by atoms with E-state index in [1.807, 2.05) is 0 Å². The highest BCUT2D eigenvalue weighted by Gasteiger charge is 2.42. The molecule has 0 aromatic rings. The Balaban J connectivity index is 1.41. The molecule has 0 aromatic carbocycles. The Labute approximate surface area is 235 Å². The van der Waals surface area contributed by atoms with E-state index in [1.165, 1.54) is 0 Å². The van der Waals surface area contributed by atoms with E-state index in [9.17, 15) is 34.8 Å². The van der Waals surface area contributed by atoms with Gasteiger partial charge in [0, 0.05) is 38.3 Å². The van der Waals surface area contributed by atoms with Gasteiger partial charge in [-0.3, -0.25) is 9.59 Å². The number of imide groups is 1. The zero-order valence-corrected chi connectivity index (χ0v) is 23.4. The van der Waals surface area contributed by atoms with E-state index in [0.717, 1.165) is 51.6 Å². The lowest BCUT2D eigenvalue weighted by Crippen LogP contribution is -2.55. The lowest BCUT2D eigenvalue weighted by Gasteiger charge is -2.40. The topological polar surface area (TPSA) is 176 Å². The SMILES string of the molecule is CC1C(O)[C@@H](OCCN(CCCCCC(=O)ON2C(=O)CCC2=O)CCCC2OCCCC2O)OC(CO)[C@H]1O. The maximum Gasteiger partial charge on any atom is 0.333 e. The van der Waals surface area contributed by atoms with E-state index in [2.05, 4.69) is 4.90 Å². The van der Waals surface area contributed by atoms with Gasteiger partial charge < -0.3 is 44.4 Å². The monoisotopic (exact) mass is 574 g/mol. The van der Waals surface area contributed by atoms with Crippen LogP contribution >= 0.6 is 0 Å². The van der Waals surface area contributed by atoms with Gasteiger partial charge in [-0.25, -0.2) is 4.79 Å². The van der Waals surface area contributed by atoms with Crippen LogP contribution in [0.5, 0.6) is 0 Å². The van der Waals surface area contributed by atoms with E-state index in [4.69, 9.17) is 19.0 Å². The van der Waals surface area contributed by atoms with Crippen LogP contribution < -0.4 is 0 Å². The average molecular weight is 575 g/mol. The van der Waals surface area contributed by atoms with Crippen molar-refractivity contribution in [2.45, 2.75) is 108 Å². The number of nitrogens with zero attached hydrogens (tertiary/aromatic N) is 2. The lowest BCUT2D eigenvalue weighted by atomic mass is 9.91. The molecule has 0 saturated carbocycles. The van der Waals surface area contributed by atoms with Crippen LogP contribution in [0.4, 0.5) is 0 Å². The first-order valence-electron chi connectivity index (χ1n) is 14.5. The first kappa shape index (κ1) is 32.8. The molecule has 5 unspecified atom stereocenters. The highest BCUT2D eigenvalue weighted by molar-refractivity contribution is 6.01. The van der Waals surface area contributed by atoms with Crippen molar-refractivity contribution in [3.8, 4) is 0 Å². The molecule has 0 radical (unpaired) electrons. The lowest BCUT2D eigenvalue weighted by molar-refractivity contribution is -0.288. The number of carbonyl (C=O) groups is 3. The molecule has 0 aliphatic carbocycles. The first-order valence-corrected chi connectivity index (χ1v) is 14.5. The summed E-state index contributed by atoms with van der Waals surface area (Å²) < 4.78 is 17.1. The summed E-state index contributed by atoms with van der Waals surface area (Å²) in [5.41, 5.74) is 0. The van der Waals surface area contributed by atoms with Crippen LogP contribution in [-0.4, -0.2) is 124 Å². The molecule has 0 aromatic heterocycles. The van der Waals surface area contributed by atoms with Crippen molar-refractivity contribution >= 4 is 17.8 Å². The number of carbonyl (C=O) groups excluding carboxylic acids is 3. The standard InChI is InChI=1S/C27H46N2O11/c1-18-25(35)21(17-30)39-27(26(18)36)38-16-14-28(13-5-8-20-19(31)7-6-15-37-20)12-4-2-3-9-24(34)40-29-22(32)10-11-23(29)33/h18-21,25-27,30-31,35-36H,2-17H2,1H3/t18?,19?,20?,21?,25-,26?,27-/m0/s1. The quantitative estimate of drug-likeness (QED) is 0.142. The predicted molar refractivity (Wildman–Crippen MR) is 139 cm³/mol. The van der Waals surface area contributed by atoms with Gasteiger partial charge in [-0.05, 0) is 51.6 Å². The van der Waals surface area contributed by atoms with Crippen molar-refractivity contribution in [1.29, 1.82) is 0 Å². The Kier molecular flexibility index (Phi) is 13.7. The molecule has 3 aliphatic rings. The normalized spacial score (nSPS) is 31.2. The number of unbranched alkanes of at least 4 members (excludes halogenated alkanes) is 2. The molecule has 3 aliphatic heterocycles.